The maximum absolute atomic E-state index is 14.9. The highest BCUT2D eigenvalue weighted by molar-refractivity contribution is 5.92. The van der Waals surface area contributed by atoms with E-state index in [-0.39, 0.29) is 28.4 Å². The summed E-state index contributed by atoms with van der Waals surface area (Å²) in [6.07, 6.45) is 14.3. The lowest BCUT2D eigenvalue weighted by atomic mass is 9.97. The predicted molar refractivity (Wildman–Crippen MR) is 173 cm³/mol. The van der Waals surface area contributed by atoms with Gasteiger partial charge in [0.2, 0.25) is 5.82 Å². The van der Waals surface area contributed by atoms with Crippen molar-refractivity contribution in [3.05, 3.63) is 145 Å². The highest BCUT2D eigenvalue weighted by Crippen LogP contribution is 2.32. The zero-order valence-electron chi connectivity index (χ0n) is 25.6. The molecule has 0 unspecified atom stereocenters. The van der Waals surface area contributed by atoms with Crippen molar-refractivity contribution in [3.8, 4) is 28.4 Å². The molecule has 0 amide bonds. The van der Waals surface area contributed by atoms with E-state index in [0.717, 1.165) is 30.7 Å². The van der Waals surface area contributed by atoms with E-state index in [1.807, 2.05) is 37.8 Å². The molecule has 235 valence electrons. The van der Waals surface area contributed by atoms with Crippen LogP contribution in [0.5, 0.6) is 17.2 Å². The molecule has 0 atom stereocenters. The number of unbranched alkanes of at least 4 members (excludes halogenated alkanes) is 5. The normalized spacial score (nSPS) is 13.0. The molecule has 46 heavy (non-hydrogen) atoms. The second-order valence-corrected chi connectivity index (χ2v) is 10.9. The zero-order chi connectivity index (χ0) is 32.3. The highest BCUT2D eigenvalue weighted by atomic mass is 19.2. The third kappa shape index (κ3) is 8.59. The van der Waals surface area contributed by atoms with Gasteiger partial charge in [0, 0.05) is 11.5 Å². The molecule has 0 bridgehead atoms. The molecule has 1 saturated carbocycles. The fraction of sp³-hybridized carbons (Fsp3) is 0.205. The summed E-state index contributed by atoms with van der Waals surface area (Å²) >= 11 is 0. The van der Waals surface area contributed by atoms with E-state index >= 15 is 0 Å². The molecule has 4 aromatic carbocycles. The summed E-state index contributed by atoms with van der Waals surface area (Å²) in [5, 5.41) is 0. The van der Waals surface area contributed by atoms with Gasteiger partial charge in [-0.05, 0) is 104 Å². The monoisotopic (exact) mass is 621 g/mol. The van der Waals surface area contributed by atoms with Crippen LogP contribution in [0.4, 0.5) is 8.78 Å². The van der Waals surface area contributed by atoms with Gasteiger partial charge in [0.05, 0.1) is 17.7 Å². The zero-order valence-corrected chi connectivity index (χ0v) is 25.6. The van der Waals surface area contributed by atoms with Gasteiger partial charge >= 0.3 is 11.9 Å². The van der Waals surface area contributed by atoms with Gasteiger partial charge in [0.15, 0.2) is 11.6 Å². The first-order valence-corrected chi connectivity index (χ1v) is 15.5. The molecule has 5 radical (unpaired) electrons. The fourth-order valence-corrected chi connectivity index (χ4v) is 4.99. The number of benzene rings is 4. The Morgan fingerprint density at radius 1 is 0.587 bits per heavy atom. The Bertz CT molecular complexity index is 1590. The Hall–Kier alpha value is -4.52. The van der Waals surface area contributed by atoms with E-state index in [9.17, 15) is 18.4 Å². The van der Waals surface area contributed by atoms with Crippen LogP contribution in [0.3, 0.4) is 0 Å². The molecule has 0 aliphatic heterocycles. The summed E-state index contributed by atoms with van der Waals surface area (Å²) in [5.74, 6) is -1.70. The topological polar surface area (TPSA) is 61.8 Å². The molecule has 5 rings (SSSR count). The van der Waals surface area contributed by atoms with Crippen LogP contribution in [0.1, 0.15) is 71.7 Å². The van der Waals surface area contributed by atoms with Gasteiger partial charge in [-0.25, -0.2) is 14.0 Å². The standard InChI is InChI=1S/C39H35F2O5/c1-2-3-4-5-6-9-26-44-35-25-24-34(36(40)37(35)41)29-16-20-32(21-17-29)45-39(43)31-18-22-33(23-19-31)46-38(42)30-14-12-28(13-15-30)27-10-7-8-11-27/h7-8,10-25H,2-6,9,26H2,1H3. The molecule has 4 aromatic rings. The first kappa shape index (κ1) is 32.9. The lowest BCUT2D eigenvalue weighted by Gasteiger charge is -2.11. The Morgan fingerprint density at radius 3 is 1.72 bits per heavy atom. The van der Waals surface area contributed by atoms with Gasteiger partial charge in [-0.2, -0.15) is 4.39 Å². The van der Waals surface area contributed by atoms with Crippen LogP contribution in [0.25, 0.3) is 11.1 Å². The third-order valence-electron chi connectivity index (χ3n) is 7.60. The van der Waals surface area contributed by atoms with E-state index in [2.05, 4.69) is 6.92 Å². The van der Waals surface area contributed by atoms with Crippen molar-refractivity contribution in [3.63, 3.8) is 0 Å². The molecular formula is C39H35F2O5. The fourth-order valence-electron chi connectivity index (χ4n) is 4.99. The Labute approximate surface area is 269 Å². The van der Waals surface area contributed by atoms with Crippen LogP contribution >= 0.6 is 0 Å². The summed E-state index contributed by atoms with van der Waals surface area (Å²) in [7, 11) is 0. The molecule has 1 aliphatic carbocycles. The first-order valence-electron chi connectivity index (χ1n) is 15.5. The van der Waals surface area contributed by atoms with Gasteiger partial charge in [0.25, 0.3) is 0 Å². The summed E-state index contributed by atoms with van der Waals surface area (Å²) in [4.78, 5) is 25.3. The molecule has 5 nitrogen and oxygen atoms in total. The summed E-state index contributed by atoms with van der Waals surface area (Å²) < 4.78 is 46.0. The Kier molecular flexibility index (Phi) is 11.5. The van der Waals surface area contributed by atoms with E-state index in [0.29, 0.717) is 17.7 Å². The molecule has 1 aliphatic rings. The summed E-state index contributed by atoms with van der Waals surface area (Å²) in [6, 6.07) is 22.1. The van der Waals surface area contributed by atoms with Gasteiger partial charge < -0.3 is 14.2 Å². The van der Waals surface area contributed by atoms with Gasteiger partial charge in [-0.3, -0.25) is 0 Å². The molecule has 1 fully saturated rings. The van der Waals surface area contributed by atoms with Crippen LogP contribution in [-0.4, -0.2) is 18.5 Å². The number of carbonyl (C=O) groups excluding carboxylic acids is 2. The summed E-state index contributed by atoms with van der Waals surface area (Å²) in [5.41, 5.74) is 2.14. The minimum absolute atomic E-state index is 0.0744. The maximum atomic E-state index is 14.9. The number of halogens is 2. The molecule has 0 saturated heterocycles. The Morgan fingerprint density at radius 2 is 1.11 bits per heavy atom. The van der Waals surface area contributed by atoms with Gasteiger partial charge in [0.1, 0.15) is 11.5 Å². The maximum Gasteiger partial charge on any atom is 0.343 e. The SMILES string of the molecule is CCCCCCCCOc1ccc(-c2ccc(OC(=O)c3ccc(OC(=O)c4ccc([C]5[CH][CH][CH][CH]5)cc4)cc3)cc2)c(F)c1F. The van der Waals surface area contributed by atoms with Crippen molar-refractivity contribution in [1.82, 2.24) is 0 Å². The van der Waals surface area contributed by atoms with E-state index in [1.165, 1.54) is 67.8 Å². The summed E-state index contributed by atoms with van der Waals surface area (Å²) in [6.45, 7) is 2.49. The molecule has 7 heteroatoms. The largest absolute Gasteiger partial charge is 0.490 e. The van der Waals surface area contributed by atoms with Crippen molar-refractivity contribution >= 4 is 11.9 Å². The van der Waals surface area contributed by atoms with Gasteiger partial charge in [-0.1, -0.05) is 63.3 Å². The second-order valence-electron chi connectivity index (χ2n) is 10.9. The smallest absolute Gasteiger partial charge is 0.343 e. The van der Waals surface area contributed by atoms with Gasteiger partial charge in [-0.15, -0.1) is 0 Å². The third-order valence-corrected chi connectivity index (χ3v) is 7.60. The first-order chi connectivity index (χ1) is 22.4. The highest BCUT2D eigenvalue weighted by Gasteiger charge is 2.20. The average molecular weight is 622 g/mol. The van der Waals surface area contributed by atoms with Crippen molar-refractivity contribution in [2.75, 3.05) is 6.61 Å². The number of esters is 2. The van der Waals surface area contributed by atoms with E-state index in [1.54, 1.807) is 24.3 Å². The van der Waals surface area contributed by atoms with Crippen molar-refractivity contribution in [2.45, 2.75) is 45.4 Å². The molecule has 0 heterocycles. The minimum atomic E-state index is -1.03. The van der Waals surface area contributed by atoms with Crippen LogP contribution in [0.15, 0.2) is 84.9 Å². The van der Waals surface area contributed by atoms with Crippen molar-refractivity contribution in [1.29, 1.82) is 0 Å². The number of hydrogen-bond acceptors (Lipinski definition) is 5. The molecule has 0 spiro atoms. The number of hydrogen-bond donors (Lipinski definition) is 0. The number of rotatable bonds is 14. The second kappa shape index (κ2) is 16.2. The lowest BCUT2D eigenvalue weighted by Crippen LogP contribution is -2.10. The van der Waals surface area contributed by atoms with Crippen LogP contribution in [0.2, 0.25) is 0 Å². The minimum Gasteiger partial charge on any atom is -0.490 e. The van der Waals surface area contributed by atoms with Crippen LogP contribution in [-0.2, 0) is 0 Å². The molecular weight excluding hydrogens is 586 g/mol. The quantitative estimate of drug-likeness (QED) is 0.0797. The van der Waals surface area contributed by atoms with E-state index < -0.39 is 23.6 Å². The van der Waals surface area contributed by atoms with Crippen LogP contribution < -0.4 is 14.2 Å². The number of carbonyl (C=O) groups is 2. The number of ether oxygens (including phenoxy) is 3. The Balaban J connectivity index is 1.12. The molecule has 0 aromatic heterocycles. The average Bonchev–Trinajstić information content (AvgIpc) is 3.62. The van der Waals surface area contributed by atoms with Crippen molar-refractivity contribution < 1.29 is 32.6 Å². The van der Waals surface area contributed by atoms with Crippen molar-refractivity contribution in [2.24, 2.45) is 0 Å². The predicted octanol–water partition coefficient (Wildman–Crippen LogP) is 9.56. The van der Waals surface area contributed by atoms with Crippen LogP contribution in [0, 0.1) is 43.2 Å². The molecule has 0 N–H and O–H groups in total. The van der Waals surface area contributed by atoms with E-state index in [4.69, 9.17) is 14.2 Å². The lowest BCUT2D eigenvalue weighted by molar-refractivity contribution is 0.0730.